The van der Waals surface area contributed by atoms with Crippen LogP contribution >= 0.6 is 11.3 Å². The number of hydrogen-bond donors (Lipinski definition) is 1. The monoisotopic (exact) mass is 318 g/mol. The van der Waals surface area contributed by atoms with Crippen molar-refractivity contribution in [2.75, 3.05) is 26.7 Å². The maximum Gasteiger partial charge on any atom is 0.264 e. The number of amides is 2. The van der Waals surface area contributed by atoms with Gasteiger partial charge in [-0.05, 0) is 24.4 Å². The number of morpholine rings is 1. The van der Waals surface area contributed by atoms with Gasteiger partial charge in [0.25, 0.3) is 11.8 Å². The van der Waals surface area contributed by atoms with Crippen molar-refractivity contribution in [3.8, 4) is 0 Å². The van der Waals surface area contributed by atoms with Crippen LogP contribution in [0.4, 0.5) is 0 Å². The molecule has 1 aromatic carbocycles. The molecular weight excluding hydrogens is 300 g/mol. The fraction of sp³-hybridized carbons (Fsp3) is 0.375. The Morgan fingerprint density at radius 3 is 2.86 bits per heavy atom. The second-order valence-corrected chi connectivity index (χ2v) is 6.62. The second kappa shape index (κ2) is 5.70. The van der Waals surface area contributed by atoms with Crippen LogP contribution in [0.25, 0.3) is 10.1 Å². The third-order valence-electron chi connectivity index (χ3n) is 3.91. The molecule has 1 atom stereocenters. The molecule has 1 saturated heterocycles. The molecule has 1 aliphatic rings. The zero-order valence-electron chi connectivity index (χ0n) is 12.6. The highest BCUT2D eigenvalue weighted by atomic mass is 32.1. The summed E-state index contributed by atoms with van der Waals surface area (Å²) in [5.41, 5.74) is -0.987. The Balaban J connectivity index is 1.83. The van der Waals surface area contributed by atoms with Crippen molar-refractivity contribution in [3.05, 3.63) is 35.2 Å². The van der Waals surface area contributed by atoms with E-state index >= 15 is 0 Å². The molecular formula is C16H18N2O3S. The van der Waals surface area contributed by atoms with Gasteiger partial charge in [0.2, 0.25) is 0 Å². The highest BCUT2D eigenvalue weighted by molar-refractivity contribution is 7.20. The van der Waals surface area contributed by atoms with Crippen molar-refractivity contribution in [1.82, 2.24) is 10.2 Å². The van der Waals surface area contributed by atoms with Crippen LogP contribution in [0.1, 0.15) is 16.6 Å². The minimum absolute atomic E-state index is 0.0420. The number of nitrogens with zero attached hydrogens (tertiary/aromatic N) is 1. The summed E-state index contributed by atoms with van der Waals surface area (Å²) in [7, 11) is 1.57. The van der Waals surface area contributed by atoms with E-state index in [1.54, 1.807) is 18.9 Å². The normalized spacial score (nSPS) is 21.8. The first-order valence-corrected chi connectivity index (χ1v) is 7.99. The molecule has 1 unspecified atom stereocenters. The van der Waals surface area contributed by atoms with Gasteiger partial charge in [-0.25, -0.2) is 0 Å². The SMILES string of the molecule is CNC(=O)C1(C)CN(C(=O)c2cc3ccccc3s2)CCO1. The average molecular weight is 318 g/mol. The number of benzene rings is 1. The van der Waals surface area contributed by atoms with Crippen LogP contribution in [0.3, 0.4) is 0 Å². The molecule has 0 aliphatic carbocycles. The molecule has 2 amide bonds. The Bertz CT molecular complexity index is 694. The summed E-state index contributed by atoms with van der Waals surface area (Å²) in [5.74, 6) is -0.249. The molecule has 6 heteroatoms. The zero-order valence-corrected chi connectivity index (χ0v) is 13.4. The molecule has 2 heterocycles. The number of fused-ring (bicyclic) bond motifs is 1. The summed E-state index contributed by atoms with van der Waals surface area (Å²) >= 11 is 1.48. The average Bonchev–Trinajstić information content (AvgIpc) is 2.97. The number of rotatable bonds is 2. The van der Waals surface area contributed by atoms with Crippen LogP contribution in [0.15, 0.2) is 30.3 Å². The van der Waals surface area contributed by atoms with Gasteiger partial charge in [-0.15, -0.1) is 11.3 Å². The number of likely N-dealkylation sites (N-methyl/N-ethyl adjacent to an activating group) is 1. The van der Waals surface area contributed by atoms with Crippen LogP contribution in [0, 0.1) is 0 Å². The maximum absolute atomic E-state index is 12.7. The van der Waals surface area contributed by atoms with Gasteiger partial charge in [0.05, 0.1) is 18.0 Å². The van der Waals surface area contributed by atoms with Crippen molar-refractivity contribution in [2.45, 2.75) is 12.5 Å². The van der Waals surface area contributed by atoms with Crippen molar-refractivity contribution >= 4 is 33.2 Å². The molecule has 0 bridgehead atoms. The van der Waals surface area contributed by atoms with E-state index in [2.05, 4.69) is 5.32 Å². The van der Waals surface area contributed by atoms with Crippen molar-refractivity contribution in [3.63, 3.8) is 0 Å². The van der Waals surface area contributed by atoms with E-state index in [1.165, 1.54) is 11.3 Å². The number of nitrogens with one attached hydrogen (secondary N) is 1. The third kappa shape index (κ3) is 2.60. The van der Waals surface area contributed by atoms with E-state index in [-0.39, 0.29) is 18.4 Å². The zero-order chi connectivity index (χ0) is 15.7. The summed E-state index contributed by atoms with van der Waals surface area (Å²) in [5, 5.41) is 3.66. The molecule has 0 saturated carbocycles. The summed E-state index contributed by atoms with van der Waals surface area (Å²) in [6, 6.07) is 9.83. The van der Waals surface area contributed by atoms with E-state index in [0.717, 1.165) is 10.1 Å². The van der Waals surface area contributed by atoms with Gasteiger partial charge in [-0.2, -0.15) is 0 Å². The molecule has 22 heavy (non-hydrogen) atoms. The molecule has 2 aromatic rings. The molecule has 0 radical (unpaired) electrons. The highest BCUT2D eigenvalue weighted by Gasteiger charge is 2.40. The Hall–Kier alpha value is -1.92. The van der Waals surface area contributed by atoms with Crippen LogP contribution in [-0.4, -0.2) is 49.1 Å². The Kier molecular flexibility index (Phi) is 3.88. The number of thiophene rings is 1. The molecule has 5 nitrogen and oxygen atoms in total. The Morgan fingerprint density at radius 2 is 2.14 bits per heavy atom. The lowest BCUT2D eigenvalue weighted by Crippen LogP contribution is -2.58. The molecule has 1 N–H and O–H groups in total. The fourth-order valence-corrected chi connectivity index (χ4v) is 3.72. The van der Waals surface area contributed by atoms with Gasteiger partial charge in [0, 0.05) is 18.3 Å². The molecule has 3 rings (SSSR count). The largest absolute Gasteiger partial charge is 0.362 e. The van der Waals surface area contributed by atoms with Crippen molar-refractivity contribution < 1.29 is 14.3 Å². The topological polar surface area (TPSA) is 58.6 Å². The lowest BCUT2D eigenvalue weighted by molar-refractivity contribution is -0.153. The van der Waals surface area contributed by atoms with Gasteiger partial charge < -0.3 is 15.0 Å². The first-order valence-electron chi connectivity index (χ1n) is 7.17. The minimum Gasteiger partial charge on any atom is -0.362 e. The van der Waals surface area contributed by atoms with Gasteiger partial charge in [-0.1, -0.05) is 18.2 Å². The molecule has 1 aromatic heterocycles. The molecule has 1 aliphatic heterocycles. The van der Waals surface area contributed by atoms with E-state index in [9.17, 15) is 9.59 Å². The van der Waals surface area contributed by atoms with E-state index in [1.807, 2.05) is 30.3 Å². The number of ether oxygens (including phenoxy) is 1. The molecule has 0 spiro atoms. The highest BCUT2D eigenvalue weighted by Crippen LogP contribution is 2.28. The van der Waals surface area contributed by atoms with Crippen LogP contribution < -0.4 is 5.32 Å². The van der Waals surface area contributed by atoms with E-state index < -0.39 is 5.60 Å². The Morgan fingerprint density at radius 1 is 1.36 bits per heavy atom. The quantitative estimate of drug-likeness (QED) is 0.920. The van der Waals surface area contributed by atoms with Crippen molar-refractivity contribution in [2.24, 2.45) is 0 Å². The summed E-state index contributed by atoms with van der Waals surface area (Å²) in [6.07, 6.45) is 0. The first kappa shape index (κ1) is 15.0. The number of carbonyl (C=O) groups excluding carboxylic acids is 2. The lowest BCUT2D eigenvalue weighted by atomic mass is 10.0. The second-order valence-electron chi connectivity index (χ2n) is 5.53. The van der Waals surface area contributed by atoms with E-state index in [4.69, 9.17) is 4.74 Å². The van der Waals surface area contributed by atoms with Crippen LogP contribution in [0.2, 0.25) is 0 Å². The number of hydrogen-bond acceptors (Lipinski definition) is 4. The summed E-state index contributed by atoms with van der Waals surface area (Å²) in [4.78, 5) is 27.1. The molecule has 1 fully saturated rings. The van der Waals surface area contributed by atoms with Gasteiger partial charge in [-0.3, -0.25) is 9.59 Å². The first-order chi connectivity index (χ1) is 10.5. The predicted molar refractivity (Wildman–Crippen MR) is 86.2 cm³/mol. The minimum atomic E-state index is -0.987. The lowest BCUT2D eigenvalue weighted by Gasteiger charge is -2.38. The van der Waals surface area contributed by atoms with Gasteiger partial charge in [0.1, 0.15) is 0 Å². The smallest absolute Gasteiger partial charge is 0.264 e. The summed E-state index contributed by atoms with van der Waals surface area (Å²) < 4.78 is 6.68. The van der Waals surface area contributed by atoms with Gasteiger partial charge in [0.15, 0.2) is 5.60 Å². The van der Waals surface area contributed by atoms with Crippen molar-refractivity contribution in [1.29, 1.82) is 0 Å². The van der Waals surface area contributed by atoms with Gasteiger partial charge >= 0.3 is 0 Å². The molecule has 116 valence electrons. The summed E-state index contributed by atoms with van der Waals surface area (Å²) in [6.45, 7) is 2.84. The van der Waals surface area contributed by atoms with Crippen LogP contribution in [0.5, 0.6) is 0 Å². The number of carbonyl (C=O) groups is 2. The Labute approximate surface area is 132 Å². The van der Waals surface area contributed by atoms with E-state index in [0.29, 0.717) is 18.0 Å². The van der Waals surface area contributed by atoms with Crippen LogP contribution in [-0.2, 0) is 9.53 Å². The fourth-order valence-electron chi connectivity index (χ4n) is 2.69. The predicted octanol–water partition coefficient (Wildman–Crippen LogP) is 1.88. The standard InChI is InChI=1S/C16H18N2O3S/c1-16(15(20)17-2)10-18(7-8-21-16)14(19)13-9-11-5-3-4-6-12(11)22-13/h3-6,9H,7-8,10H2,1-2H3,(H,17,20). The maximum atomic E-state index is 12.7. The third-order valence-corrected chi connectivity index (χ3v) is 5.01.